The molecule has 690 valence electrons. The number of carbonyl (C=O) groups is 18. The van der Waals surface area contributed by atoms with E-state index >= 15 is 0 Å². The zero-order valence-electron chi connectivity index (χ0n) is 73.2. The summed E-state index contributed by atoms with van der Waals surface area (Å²) in [6.07, 6.45) is 26.5. The van der Waals surface area contributed by atoms with Crippen molar-refractivity contribution >= 4 is 107 Å². The van der Waals surface area contributed by atoms with Crippen LogP contribution in [0, 0.1) is 99.6 Å². The maximum atomic E-state index is 13.2. The molecular weight excluding hydrogens is 1620 g/mol. The lowest BCUT2D eigenvalue weighted by Crippen LogP contribution is -2.46. The van der Waals surface area contributed by atoms with Gasteiger partial charge in [0.1, 0.15) is 111 Å². The Kier molecular flexibility index (Phi) is 71.1. The minimum Gasteiger partial charge on any atom is -0.464 e. The van der Waals surface area contributed by atoms with Crippen molar-refractivity contribution in [3.8, 4) is 61.7 Å². The number of esters is 18. The van der Waals surface area contributed by atoms with E-state index in [0.717, 1.165) is 0 Å². The molecule has 0 saturated heterocycles. The third-order valence-electron chi connectivity index (χ3n) is 15.1. The Labute approximate surface area is 712 Å². The standard InChI is InChI=1S/C30H44O14.C18H28O10.C14H20O6.2C6H10O3.C6H8O2.C3H4O/c1-9-14-38-25(35)30(8,19-43-26(36)28(6,15-39-21(31)10-2)16-40-22(32)11-3)20-44-27(37)29(7,17-41-23(33)12-4)18-42-24(34)13-5;1-5-6-26-15(25)18(4,11-27-13(23)16(2,7-19)8-20)12-28-14(24)17(3,9-21)10-22;1-5-8-18-13(17)14(4,9-19-11(15)6-2)10-20-12(16)7-3;2*1-3-5(7)9-6(8)4-2;1-3-5-8-6(7)4-2;1-2-3-4/h1H,10-20H2,2-8H3;1,19-22H,6-12H2,2-4H3;1H,6-10H2,2-4H3;2*3-4H2,1-2H3;1H,4-5H2,2H3;1,4H,3H2. The van der Waals surface area contributed by atoms with E-state index in [1.807, 2.05) is 5.92 Å². The van der Waals surface area contributed by atoms with Gasteiger partial charge in [-0.3, -0.25) is 86.3 Å². The molecule has 122 heavy (non-hydrogen) atoms. The Morgan fingerprint density at radius 3 is 0.475 bits per heavy atom. The van der Waals surface area contributed by atoms with Crippen LogP contribution in [0.3, 0.4) is 0 Å². The number of hydrogen-bond acceptors (Lipinski definition) is 39. The smallest absolute Gasteiger partial charge is 0.319 e. The molecule has 5 N–H and O–H groups in total. The predicted octanol–water partition coefficient (Wildman–Crippen LogP) is 3.33. The SMILES string of the molecule is C#CCO.C#CCOC(=O)C(C)(COC(=O)C(C)(CO)CO)COC(=O)C(C)(CO)CO.C#CCOC(=O)C(C)(COC(=O)C(C)(COC(=O)CC)COC(=O)CC)COC(=O)C(C)(COC(=O)CC)COC(=O)CC.C#CCOC(=O)C(C)(COC(=O)CC)COC(=O)CC.C#CCOC(=O)CC.CCC(=O)OC(=O)CC.CCC(=O)OC(=O)CC. The van der Waals surface area contributed by atoms with Crippen molar-refractivity contribution in [2.24, 2.45) is 37.9 Å². The summed E-state index contributed by atoms with van der Waals surface area (Å²) >= 11 is 0. The minimum atomic E-state index is -1.82. The summed E-state index contributed by atoms with van der Waals surface area (Å²) in [5.41, 5.74) is -11.2. The Balaban J connectivity index is -0.000000288. The monoisotopic (exact) mass is 1740 g/mol. The number of hydrogen-bond donors (Lipinski definition) is 5. The van der Waals surface area contributed by atoms with Crippen LogP contribution in [0.2, 0.25) is 0 Å². The molecule has 0 unspecified atom stereocenters. The third-order valence-corrected chi connectivity index (χ3v) is 15.1. The average Bonchev–Trinajstić information content (AvgIpc) is 0.855. The number of rotatable bonds is 46. The highest BCUT2D eigenvalue weighted by molar-refractivity contribution is 5.87. The van der Waals surface area contributed by atoms with Crippen LogP contribution < -0.4 is 0 Å². The second kappa shape index (κ2) is 70.2. The topological polar surface area (TPSA) is 556 Å². The molecule has 0 bridgehead atoms. The fourth-order valence-electron chi connectivity index (χ4n) is 6.41. The molecule has 39 heteroatoms. The molecular formula is C83H124O39. The van der Waals surface area contributed by atoms with Gasteiger partial charge in [0.25, 0.3) is 0 Å². The number of terminal acetylenes is 5. The van der Waals surface area contributed by atoms with E-state index in [0.29, 0.717) is 6.42 Å². The fraction of sp³-hybridized carbons (Fsp3) is 0.663. The Morgan fingerprint density at radius 1 is 0.205 bits per heavy atom. The first kappa shape index (κ1) is 124. The zero-order chi connectivity index (χ0) is 96.0. The van der Waals surface area contributed by atoms with Gasteiger partial charge in [-0.15, -0.1) is 32.1 Å². The number of ether oxygens (including phenoxy) is 16. The molecule has 0 aliphatic heterocycles. The summed E-state index contributed by atoms with van der Waals surface area (Å²) in [5.74, 6) is -1.39. The van der Waals surface area contributed by atoms with Gasteiger partial charge in [0.05, 0.1) is 26.4 Å². The number of aliphatic hydroxyl groups excluding tert-OH is 5. The Bertz CT molecular complexity index is 3290. The fourth-order valence-corrected chi connectivity index (χ4v) is 6.41. The Hall–Kier alpha value is -11.5. The van der Waals surface area contributed by atoms with Gasteiger partial charge in [0, 0.05) is 70.6 Å². The molecule has 0 atom stereocenters. The number of aliphatic hydroxyl groups is 5. The molecule has 0 aromatic heterocycles. The molecule has 0 rings (SSSR count). The molecule has 0 amide bonds. The van der Waals surface area contributed by atoms with Gasteiger partial charge >= 0.3 is 107 Å². The summed E-state index contributed by atoms with van der Waals surface area (Å²) in [4.78, 5) is 209. The lowest BCUT2D eigenvalue weighted by molar-refractivity contribution is -0.183. The Morgan fingerprint density at radius 2 is 0.336 bits per heavy atom. The van der Waals surface area contributed by atoms with Crippen LogP contribution in [0.1, 0.15) is 195 Å². The van der Waals surface area contributed by atoms with E-state index in [1.165, 1.54) is 48.5 Å². The van der Waals surface area contributed by atoms with Crippen LogP contribution >= 0.6 is 0 Å². The van der Waals surface area contributed by atoms with Crippen molar-refractivity contribution in [1.82, 2.24) is 0 Å². The van der Waals surface area contributed by atoms with Gasteiger partial charge in [-0.05, 0) is 48.5 Å². The molecule has 0 aliphatic carbocycles. The van der Waals surface area contributed by atoms with E-state index in [4.69, 9.17) is 92.4 Å². The third kappa shape index (κ3) is 56.1. The van der Waals surface area contributed by atoms with Crippen LogP contribution in [-0.4, -0.2) is 259 Å². The second-order valence-electron chi connectivity index (χ2n) is 27.0. The average molecular weight is 1750 g/mol. The van der Waals surface area contributed by atoms with Gasteiger partial charge in [-0.25, -0.2) is 0 Å². The van der Waals surface area contributed by atoms with Crippen LogP contribution in [-0.2, 0) is 162 Å². The first-order valence-corrected chi connectivity index (χ1v) is 38.0. The van der Waals surface area contributed by atoms with Crippen molar-refractivity contribution in [2.45, 2.75) is 195 Å². The van der Waals surface area contributed by atoms with E-state index in [9.17, 15) is 107 Å². The first-order chi connectivity index (χ1) is 57.1. The van der Waals surface area contributed by atoms with E-state index < -0.39 is 225 Å². The highest BCUT2D eigenvalue weighted by Crippen LogP contribution is 2.30. The summed E-state index contributed by atoms with van der Waals surface area (Å²) in [6, 6.07) is 0. The van der Waals surface area contributed by atoms with Crippen LogP contribution in [0.25, 0.3) is 0 Å². The highest BCUT2D eigenvalue weighted by Gasteiger charge is 2.47. The van der Waals surface area contributed by atoms with E-state index in [-0.39, 0.29) is 110 Å². The molecule has 39 nitrogen and oxygen atoms in total. The molecule has 0 aromatic rings. The molecule has 0 radical (unpaired) electrons. The first-order valence-electron chi connectivity index (χ1n) is 38.0. The van der Waals surface area contributed by atoms with Crippen molar-refractivity contribution in [1.29, 1.82) is 0 Å². The minimum absolute atomic E-state index is 0.0263. The van der Waals surface area contributed by atoms with Gasteiger partial charge < -0.3 is 101 Å². The number of carbonyl (C=O) groups excluding carboxylic acids is 18. The molecule has 0 heterocycles. The molecule has 0 fully saturated rings. The maximum absolute atomic E-state index is 13.2. The normalized spacial score (nSPS) is 10.5. The predicted molar refractivity (Wildman–Crippen MR) is 425 cm³/mol. The maximum Gasteiger partial charge on any atom is 0.319 e. The van der Waals surface area contributed by atoms with Crippen molar-refractivity contribution < 1.29 is 188 Å². The summed E-state index contributed by atoms with van der Waals surface area (Å²) < 4.78 is 78.9. The van der Waals surface area contributed by atoms with Crippen molar-refractivity contribution in [3.63, 3.8) is 0 Å². The van der Waals surface area contributed by atoms with Crippen LogP contribution in [0.4, 0.5) is 0 Å². The highest BCUT2D eigenvalue weighted by atomic mass is 16.6. The molecule has 0 aliphatic rings. The van der Waals surface area contributed by atoms with E-state index in [2.05, 4.69) is 44.3 Å². The van der Waals surface area contributed by atoms with E-state index in [1.54, 1.807) is 76.2 Å². The van der Waals surface area contributed by atoms with Gasteiger partial charge in [0.2, 0.25) is 0 Å². The molecule has 0 saturated carbocycles. The zero-order valence-corrected chi connectivity index (χ0v) is 73.2. The summed E-state index contributed by atoms with van der Waals surface area (Å²) in [6.45, 7) is 18.1. The summed E-state index contributed by atoms with van der Waals surface area (Å²) in [5, 5.41) is 44.6. The van der Waals surface area contributed by atoms with Gasteiger partial charge in [-0.2, -0.15) is 0 Å². The van der Waals surface area contributed by atoms with Crippen molar-refractivity contribution in [3.05, 3.63) is 0 Å². The van der Waals surface area contributed by atoms with Crippen LogP contribution in [0.15, 0.2) is 0 Å². The lowest BCUT2D eigenvalue weighted by Gasteiger charge is -2.32. The van der Waals surface area contributed by atoms with Crippen LogP contribution in [0.5, 0.6) is 0 Å². The largest absolute Gasteiger partial charge is 0.464 e. The van der Waals surface area contributed by atoms with Gasteiger partial charge in [0.15, 0.2) is 26.4 Å². The quantitative estimate of drug-likeness (QED) is 0.0252. The second-order valence-corrected chi connectivity index (χ2v) is 27.0. The molecule has 0 aromatic carbocycles. The summed E-state index contributed by atoms with van der Waals surface area (Å²) in [7, 11) is 0. The van der Waals surface area contributed by atoms with Crippen molar-refractivity contribution in [2.75, 3.05) is 126 Å². The molecule has 0 spiro atoms. The lowest BCUT2D eigenvalue weighted by atomic mass is 9.90. The van der Waals surface area contributed by atoms with Gasteiger partial charge in [-0.1, -0.05) is 106 Å².